The molecule has 0 amide bonds. The van der Waals surface area contributed by atoms with Gasteiger partial charge in [0.2, 0.25) is 0 Å². The lowest BCUT2D eigenvalue weighted by Gasteiger charge is -2.34. The topological polar surface area (TPSA) is 67.0 Å². The molecule has 0 aliphatic heterocycles. The Bertz CT molecular complexity index is 716. The second-order valence-corrected chi connectivity index (χ2v) is 7.22. The number of benzene rings is 1. The summed E-state index contributed by atoms with van der Waals surface area (Å²) in [6, 6.07) is 3.87. The number of ether oxygens (including phenoxy) is 1. The second kappa shape index (κ2) is 6.93. The summed E-state index contributed by atoms with van der Waals surface area (Å²) in [6.07, 6.45) is 7.90. The lowest BCUT2D eigenvalue weighted by atomic mass is 9.86. The highest BCUT2D eigenvalue weighted by Crippen LogP contribution is 2.31. The fourth-order valence-electron chi connectivity index (χ4n) is 3.68. The fourth-order valence-corrected chi connectivity index (χ4v) is 3.68. The largest absolute Gasteiger partial charge is 0.458 e. The van der Waals surface area contributed by atoms with E-state index in [1.165, 1.54) is 6.42 Å². The van der Waals surface area contributed by atoms with Gasteiger partial charge in [0.15, 0.2) is 0 Å². The number of fused-ring (bicyclic) bond motifs is 1. The van der Waals surface area contributed by atoms with Gasteiger partial charge in [-0.15, -0.1) is 0 Å². The molecule has 130 valence electrons. The molecule has 24 heavy (non-hydrogen) atoms. The maximum Gasteiger partial charge on any atom is 0.324 e. The molecule has 1 heterocycles. The number of H-pyrrole nitrogens is 1. The molecule has 1 atom stereocenters. The molecule has 0 spiro atoms. The van der Waals surface area contributed by atoms with Crippen LogP contribution in [0.1, 0.15) is 50.2 Å². The molecule has 0 bridgehead atoms. The van der Waals surface area contributed by atoms with Crippen LogP contribution in [0.2, 0.25) is 0 Å². The van der Waals surface area contributed by atoms with Gasteiger partial charge in [0.1, 0.15) is 11.6 Å². The minimum absolute atomic E-state index is 0.146. The molecule has 2 aromatic rings. The first-order valence-electron chi connectivity index (χ1n) is 8.83. The fraction of sp³-hybridized carbons (Fsp3) is 0.579. The highest BCUT2D eigenvalue weighted by atomic mass is 16.6. The molecule has 0 saturated heterocycles. The van der Waals surface area contributed by atoms with Crippen molar-refractivity contribution in [1.82, 2.24) is 15.5 Å². The van der Waals surface area contributed by atoms with Gasteiger partial charge in [-0.25, -0.2) is 0 Å². The Balaban J connectivity index is 1.71. The molecule has 1 fully saturated rings. The molecule has 5 nitrogen and oxygen atoms in total. The van der Waals surface area contributed by atoms with Gasteiger partial charge in [-0.05, 0) is 70.2 Å². The Kier molecular flexibility index (Phi) is 4.90. The number of nitrogens with zero attached hydrogens (tertiary/aromatic N) is 1. The summed E-state index contributed by atoms with van der Waals surface area (Å²) in [5, 5.41) is 11.3. The number of aromatic nitrogens is 2. The van der Waals surface area contributed by atoms with E-state index in [-0.39, 0.29) is 17.6 Å². The van der Waals surface area contributed by atoms with Crippen LogP contribution < -0.4 is 5.32 Å². The van der Waals surface area contributed by atoms with Crippen LogP contribution in [0.4, 0.5) is 0 Å². The van der Waals surface area contributed by atoms with Gasteiger partial charge >= 0.3 is 5.97 Å². The lowest BCUT2D eigenvalue weighted by molar-refractivity contribution is -0.163. The van der Waals surface area contributed by atoms with E-state index >= 15 is 0 Å². The summed E-state index contributed by atoms with van der Waals surface area (Å²) in [7, 11) is 1.82. The maximum atomic E-state index is 12.6. The van der Waals surface area contributed by atoms with Gasteiger partial charge < -0.3 is 10.1 Å². The summed E-state index contributed by atoms with van der Waals surface area (Å²) >= 11 is 0. The van der Waals surface area contributed by atoms with E-state index in [0.717, 1.165) is 47.7 Å². The van der Waals surface area contributed by atoms with Crippen LogP contribution in [0.15, 0.2) is 18.3 Å². The molecule has 0 radical (unpaired) electrons. The summed E-state index contributed by atoms with van der Waals surface area (Å²) in [5.74, 6) is -0.146. The van der Waals surface area contributed by atoms with Crippen LogP contribution in [0, 0.1) is 6.92 Å². The minimum Gasteiger partial charge on any atom is -0.458 e. The Labute approximate surface area is 143 Å². The smallest absolute Gasteiger partial charge is 0.324 e. The Morgan fingerprint density at radius 2 is 2.12 bits per heavy atom. The van der Waals surface area contributed by atoms with Gasteiger partial charge in [0.05, 0.1) is 11.7 Å². The number of hydrogen-bond acceptors (Lipinski definition) is 4. The van der Waals surface area contributed by atoms with Crippen molar-refractivity contribution in [2.75, 3.05) is 7.05 Å². The van der Waals surface area contributed by atoms with Crippen LogP contribution >= 0.6 is 0 Å². The quantitative estimate of drug-likeness (QED) is 0.826. The summed E-state index contributed by atoms with van der Waals surface area (Å²) in [6.45, 7) is 4.12. The monoisotopic (exact) mass is 329 g/mol. The number of aromatic amines is 1. The number of esters is 1. The van der Waals surface area contributed by atoms with Crippen LogP contribution in [0.25, 0.3) is 10.9 Å². The number of nitrogens with one attached hydrogen (secondary N) is 2. The molecule has 1 aromatic heterocycles. The highest BCUT2D eigenvalue weighted by molar-refractivity contribution is 5.82. The van der Waals surface area contributed by atoms with E-state index in [4.69, 9.17) is 4.74 Å². The standard InChI is InChI=1S/C19H27N3O2/c1-13-9-14(10-15-12-21-22-17(13)15)11-16(20-3)18(23)24-19(2)7-5-4-6-8-19/h9-10,12,16,20H,4-8,11H2,1-3H3,(H,21,22). The number of likely N-dealkylation sites (N-methyl/N-ethyl adjacent to an activating group) is 1. The van der Waals surface area contributed by atoms with E-state index in [2.05, 4.69) is 41.5 Å². The number of rotatable bonds is 5. The molecular weight excluding hydrogens is 302 g/mol. The molecular formula is C19H27N3O2. The summed E-state index contributed by atoms with van der Waals surface area (Å²) < 4.78 is 5.89. The van der Waals surface area contributed by atoms with Crippen LogP contribution in [0.5, 0.6) is 0 Å². The zero-order valence-electron chi connectivity index (χ0n) is 14.8. The average molecular weight is 329 g/mol. The average Bonchev–Trinajstić information content (AvgIpc) is 3.01. The molecule has 1 unspecified atom stereocenters. The van der Waals surface area contributed by atoms with Crippen molar-refractivity contribution in [3.05, 3.63) is 29.5 Å². The van der Waals surface area contributed by atoms with E-state index in [1.54, 1.807) is 0 Å². The zero-order chi connectivity index (χ0) is 17.2. The van der Waals surface area contributed by atoms with Crippen molar-refractivity contribution >= 4 is 16.9 Å². The molecule has 2 N–H and O–H groups in total. The predicted octanol–water partition coefficient (Wildman–Crippen LogP) is 3.27. The number of carbonyl (C=O) groups is 1. The first-order chi connectivity index (χ1) is 11.5. The third-order valence-electron chi connectivity index (χ3n) is 5.14. The molecule has 1 aromatic carbocycles. The Hall–Kier alpha value is -1.88. The van der Waals surface area contributed by atoms with Crippen molar-refractivity contribution in [2.45, 2.75) is 64.0 Å². The van der Waals surface area contributed by atoms with Gasteiger partial charge in [-0.3, -0.25) is 9.89 Å². The minimum atomic E-state index is -0.326. The van der Waals surface area contributed by atoms with Crippen LogP contribution in [-0.4, -0.2) is 34.9 Å². The molecule has 1 aliphatic carbocycles. The molecule has 5 heteroatoms. The molecule has 1 saturated carbocycles. The van der Waals surface area contributed by atoms with Crippen molar-refractivity contribution in [3.8, 4) is 0 Å². The zero-order valence-corrected chi connectivity index (χ0v) is 14.8. The first-order valence-corrected chi connectivity index (χ1v) is 8.83. The lowest BCUT2D eigenvalue weighted by Crippen LogP contribution is -2.43. The van der Waals surface area contributed by atoms with Crippen LogP contribution in [0.3, 0.4) is 0 Å². The van der Waals surface area contributed by atoms with E-state index < -0.39 is 0 Å². The van der Waals surface area contributed by atoms with E-state index in [1.807, 2.05) is 13.2 Å². The summed E-state index contributed by atoms with van der Waals surface area (Å²) in [4.78, 5) is 12.6. The number of carbonyl (C=O) groups excluding carboxylic acids is 1. The molecule has 3 rings (SSSR count). The van der Waals surface area contributed by atoms with Gasteiger partial charge in [-0.2, -0.15) is 5.10 Å². The normalized spacial score (nSPS) is 18.5. The highest BCUT2D eigenvalue weighted by Gasteiger charge is 2.33. The number of aryl methyl sites for hydroxylation is 1. The second-order valence-electron chi connectivity index (χ2n) is 7.22. The first kappa shape index (κ1) is 17.0. The Morgan fingerprint density at radius 1 is 1.38 bits per heavy atom. The van der Waals surface area contributed by atoms with Gasteiger partial charge in [0.25, 0.3) is 0 Å². The summed E-state index contributed by atoms with van der Waals surface area (Å²) in [5.41, 5.74) is 3.01. The van der Waals surface area contributed by atoms with Crippen molar-refractivity contribution in [3.63, 3.8) is 0 Å². The van der Waals surface area contributed by atoms with Crippen molar-refractivity contribution < 1.29 is 9.53 Å². The van der Waals surface area contributed by atoms with Gasteiger partial charge in [-0.1, -0.05) is 12.5 Å². The van der Waals surface area contributed by atoms with E-state index in [9.17, 15) is 4.79 Å². The maximum absolute atomic E-state index is 12.6. The third kappa shape index (κ3) is 3.61. The van der Waals surface area contributed by atoms with E-state index in [0.29, 0.717) is 6.42 Å². The van der Waals surface area contributed by atoms with Gasteiger partial charge in [0, 0.05) is 5.39 Å². The van der Waals surface area contributed by atoms with Crippen LogP contribution in [-0.2, 0) is 16.0 Å². The van der Waals surface area contributed by atoms with Crippen molar-refractivity contribution in [2.24, 2.45) is 0 Å². The Morgan fingerprint density at radius 3 is 2.83 bits per heavy atom. The SMILES string of the molecule is CNC(Cc1cc(C)c2[nH]ncc2c1)C(=O)OC1(C)CCCCC1. The third-order valence-corrected chi connectivity index (χ3v) is 5.14. The number of hydrogen-bond donors (Lipinski definition) is 2. The van der Waals surface area contributed by atoms with Crippen molar-refractivity contribution in [1.29, 1.82) is 0 Å². The molecule has 1 aliphatic rings. The predicted molar refractivity (Wildman–Crippen MR) is 95.0 cm³/mol.